The van der Waals surface area contributed by atoms with E-state index in [9.17, 15) is 0 Å². The van der Waals surface area contributed by atoms with Gasteiger partial charge in [-0.2, -0.15) is 0 Å². The normalized spacial score (nSPS) is 19.6. The van der Waals surface area contributed by atoms with Crippen LogP contribution in [0.15, 0.2) is 22.7 Å². The predicted octanol–water partition coefficient (Wildman–Crippen LogP) is 3.45. The monoisotopic (exact) mass is 333 g/mol. The molecule has 0 saturated heterocycles. The number of fused-ring (bicyclic) bond motifs is 1. The molecule has 0 aromatic heterocycles. The maximum atomic E-state index is 5.96. The van der Waals surface area contributed by atoms with Gasteiger partial charge in [-0.3, -0.25) is 0 Å². The van der Waals surface area contributed by atoms with E-state index in [1.165, 1.54) is 0 Å². The topological polar surface area (TPSA) is 12.5 Å². The number of halogens is 2. The van der Waals surface area contributed by atoms with Gasteiger partial charge in [0.2, 0.25) is 0 Å². The Bertz CT molecular complexity index is 441. The Hall–Kier alpha value is -0.320. The maximum absolute atomic E-state index is 5.96. The second kappa shape index (κ2) is 5.55. The molecule has 0 radical (unpaired) electrons. The molecule has 0 amide bonds. The van der Waals surface area contributed by atoms with Crippen molar-refractivity contribution in [2.75, 3.05) is 19.5 Å². The minimum Gasteiger partial charge on any atom is -0.488 e. The summed E-state index contributed by atoms with van der Waals surface area (Å²) in [4.78, 5) is 2.86. The zero-order chi connectivity index (χ0) is 12.4. The lowest BCUT2D eigenvalue weighted by atomic mass is 10.2. The van der Waals surface area contributed by atoms with Gasteiger partial charge in [0, 0.05) is 17.4 Å². The Balaban J connectivity index is 2.37. The van der Waals surface area contributed by atoms with Crippen molar-refractivity contribution in [3.8, 4) is 5.75 Å². The Kier molecular flexibility index (Phi) is 4.28. The van der Waals surface area contributed by atoms with Gasteiger partial charge >= 0.3 is 0 Å². The Morgan fingerprint density at radius 2 is 2.35 bits per heavy atom. The summed E-state index contributed by atoms with van der Waals surface area (Å²) in [6, 6.07) is 5.91. The zero-order valence-electron chi connectivity index (χ0n) is 9.45. The second-order valence-electron chi connectivity index (χ2n) is 4.04. The van der Waals surface area contributed by atoms with Gasteiger partial charge in [0.1, 0.15) is 16.8 Å². The molecule has 2 rings (SSSR count). The molecular formula is C12H13BrClNOS. The number of alkyl halides is 1. The van der Waals surface area contributed by atoms with Gasteiger partial charge in [-0.25, -0.2) is 0 Å². The van der Waals surface area contributed by atoms with Gasteiger partial charge in [-0.15, -0.1) is 11.6 Å². The maximum Gasteiger partial charge on any atom is 0.130 e. The van der Waals surface area contributed by atoms with Crippen LogP contribution in [0.1, 0.15) is 12.0 Å². The first kappa shape index (κ1) is 13.1. The Labute approximate surface area is 120 Å². The lowest BCUT2D eigenvalue weighted by Crippen LogP contribution is -2.33. The van der Waals surface area contributed by atoms with Crippen molar-refractivity contribution in [3.63, 3.8) is 0 Å². The standard InChI is InChI=1S/C12H13BrClNOS/c1-15-7-9(4-5-14)16-11-3-2-8(13)6-10(11)12(15)17/h2-3,6,9H,4-5,7H2,1H3. The Morgan fingerprint density at radius 3 is 3.06 bits per heavy atom. The van der Waals surface area contributed by atoms with E-state index in [-0.39, 0.29) is 6.10 Å². The van der Waals surface area contributed by atoms with Gasteiger partial charge in [0.25, 0.3) is 0 Å². The summed E-state index contributed by atoms with van der Waals surface area (Å²) in [6.07, 6.45) is 0.919. The second-order valence-corrected chi connectivity index (χ2v) is 5.72. The average Bonchev–Trinajstić information content (AvgIpc) is 2.40. The molecule has 1 aromatic rings. The van der Waals surface area contributed by atoms with E-state index in [4.69, 9.17) is 28.6 Å². The largest absolute Gasteiger partial charge is 0.488 e. The summed E-state index contributed by atoms with van der Waals surface area (Å²) in [5, 5.41) is 0. The number of nitrogens with zero attached hydrogens (tertiary/aromatic N) is 1. The average molecular weight is 335 g/mol. The molecular weight excluding hydrogens is 322 g/mol. The fourth-order valence-electron chi connectivity index (χ4n) is 1.85. The van der Waals surface area contributed by atoms with Crippen LogP contribution in [0.5, 0.6) is 5.75 Å². The molecule has 0 aliphatic carbocycles. The first-order valence-electron chi connectivity index (χ1n) is 5.39. The van der Waals surface area contributed by atoms with E-state index < -0.39 is 0 Å². The first-order chi connectivity index (χ1) is 8.11. The lowest BCUT2D eigenvalue weighted by molar-refractivity contribution is 0.179. The van der Waals surface area contributed by atoms with Crippen molar-refractivity contribution < 1.29 is 4.74 Å². The van der Waals surface area contributed by atoms with Gasteiger partial charge < -0.3 is 9.64 Å². The lowest BCUT2D eigenvalue weighted by Gasteiger charge is -2.20. The van der Waals surface area contributed by atoms with E-state index in [1.807, 2.05) is 30.1 Å². The summed E-state index contributed by atoms with van der Waals surface area (Å²) in [6.45, 7) is 0.776. The molecule has 1 atom stereocenters. The molecule has 0 fully saturated rings. The van der Waals surface area contributed by atoms with Crippen molar-refractivity contribution >= 4 is 44.7 Å². The zero-order valence-corrected chi connectivity index (χ0v) is 12.6. The molecule has 5 heteroatoms. The molecule has 0 saturated carbocycles. The molecule has 92 valence electrons. The van der Waals surface area contributed by atoms with Crippen LogP contribution in [0, 0.1) is 0 Å². The number of hydrogen-bond acceptors (Lipinski definition) is 2. The van der Waals surface area contributed by atoms with Crippen LogP contribution in [-0.4, -0.2) is 35.5 Å². The Morgan fingerprint density at radius 1 is 1.59 bits per heavy atom. The van der Waals surface area contributed by atoms with Crippen molar-refractivity contribution in [3.05, 3.63) is 28.2 Å². The summed E-state index contributed by atoms with van der Waals surface area (Å²) in [5.74, 6) is 1.44. The van der Waals surface area contributed by atoms with Crippen molar-refractivity contribution in [2.45, 2.75) is 12.5 Å². The van der Waals surface area contributed by atoms with Crippen molar-refractivity contribution in [1.29, 1.82) is 0 Å². The summed E-state index contributed by atoms with van der Waals surface area (Å²) >= 11 is 14.7. The molecule has 0 spiro atoms. The SMILES string of the molecule is CN1CC(CCCl)Oc2ccc(Br)cc2C1=S. The number of hydrogen-bond donors (Lipinski definition) is 0. The van der Waals surface area contributed by atoms with E-state index >= 15 is 0 Å². The van der Waals surface area contributed by atoms with Gasteiger partial charge in [-0.1, -0.05) is 28.1 Å². The highest BCUT2D eigenvalue weighted by Gasteiger charge is 2.23. The number of thiocarbonyl (C=S) groups is 1. The number of ether oxygens (including phenoxy) is 1. The van der Waals surface area contributed by atoms with Gasteiger partial charge in [-0.05, 0) is 24.6 Å². The third-order valence-corrected chi connectivity index (χ3v) is 3.96. The quantitative estimate of drug-likeness (QED) is 0.607. The smallest absolute Gasteiger partial charge is 0.130 e. The third kappa shape index (κ3) is 2.92. The van der Waals surface area contributed by atoms with E-state index in [0.29, 0.717) is 5.88 Å². The van der Waals surface area contributed by atoms with Crippen LogP contribution in [-0.2, 0) is 0 Å². The molecule has 17 heavy (non-hydrogen) atoms. The van der Waals surface area contributed by atoms with Crippen molar-refractivity contribution in [1.82, 2.24) is 4.90 Å². The molecule has 1 unspecified atom stereocenters. The fourth-order valence-corrected chi connectivity index (χ4v) is 2.69. The molecule has 1 heterocycles. The van der Waals surface area contributed by atoms with Gasteiger partial charge in [0.15, 0.2) is 0 Å². The number of benzene rings is 1. The highest BCUT2D eigenvalue weighted by atomic mass is 79.9. The fraction of sp³-hybridized carbons (Fsp3) is 0.417. The highest BCUT2D eigenvalue weighted by molar-refractivity contribution is 9.10. The van der Waals surface area contributed by atoms with Crippen LogP contribution >= 0.6 is 39.7 Å². The molecule has 2 nitrogen and oxygen atoms in total. The number of rotatable bonds is 2. The summed E-state index contributed by atoms with van der Waals surface area (Å²) < 4.78 is 6.96. The number of likely N-dealkylation sites (N-methyl/N-ethyl adjacent to an activating group) is 1. The first-order valence-corrected chi connectivity index (χ1v) is 7.13. The van der Waals surface area contributed by atoms with Crippen LogP contribution in [0.4, 0.5) is 0 Å². The molecule has 1 aromatic carbocycles. The van der Waals surface area contributed by atoms with Crippen LogP contribution in [0.25, 0.3) is 0 Å². The van der Waals surface area contributed by atoms with Crippen molar-refractivity contribution in [2.24, 2.45) is 0 Å². The molecule has 1 aliphatic heterocycles. The van der Waals surface area contributed by atoms with Gasteiger partial charge in [0.05, 0.1) is 12.1 Å². The van der Waals surface area contributed by atoms with Crippen LogP contribution < -0.4 is 4.74 Å². The van der Waals surface area contributed by atoms with E-state index in [2.05, 4.69) is 15.9 Å². The van der Waals surface area contributed by atoms with E-state index in [1.54, 1.807) is 0 Å². The minimum atomic E-state index is 0.0953. The molecule has 1 aliphatic rings. The third-order valence-electron chi connectivity index (χ3n) is 2.72. The summed E-state index contributed by atoms with van der Waals surface area (Å²) in [5.41, 5.74) is 0.967. The molecule has 0 bridgehead atoms. The molecule has 0 N–H and O–H groups in total. The van der Waals surface area contributed by atoms with E-state index in [0.717, 1.165) is 33.7 Å². The minimum absolute atomic E-state index is 0.0953. The van der Waals surface area contributed by atoms with Crippen LogP contribution in [0.3, 0.4) is 0 Å². The highest BCUT2D eigenvalue weighted by Crippen LogP contribution is 2.29. The summed E-state index contributed by atoms with van der Waals surface area (Å²) in [7, 11) is 1.99. The predicted molar refractivity (Wildman–Crippen MR) is 78.2 cm³/mol. The van der Waals surface area contributed by atoms with Crippen LogP contribution in [0.2, 0.25) is 0 Å².